The molecule has 7 heteroatoms. The van der Waals surface area contributed by atoms with Gasteiger partial charge < -0.3 is 15.0 Å². The third-order valence-electron chi connectivity index (χ3n) is 4.46. The van der Waals surface area contributed by atoms with Crippen LogP contribution in [0.4, 0.5) is 0 Å². The highest BCUT2D eigenvalue weighted by Gasteiger charge is 2.21. The number of amidine groups is 1. The number of para-hydroxylation sites is 1. The van der Waals surface area contributed by atoms with Crippen LogP contribution >= 0.6 is 0 Å². The van der Waals surface area contributed by atoms with Gasteiger partial charge in [0.1, 0.15) is 0 Å². The number of esters is 1. The molecule has 1 fully saturated rings. The van der Waals surface area contributed by atoms with Crippen LogP contribution in [-0.4, -0.2) is 43.2 Å². The van der Waals surface area contributed by atoms with E-state index in [1.807, 2.05) is 19.1 Å². The summed E-state index contributed by atoms with van der Waals surface area (Å²) in [6.07, 6.45) is 2.06. The van der Waals surface area contributed by atoms with Gasteiger partial charge in [0.05, 0.1) is 18.2 Å². The van der Waals surface area contributed by atoms with Crippen molar-refractivity contribution in [3.05, 3.63) is 45.7 Å². The summed E-state index contributed by atoms with van der Waals surface area (Å²) >= 11 is 0. The van der Waals surface area contributed by atoms with Crippen molar-refractivity contribution in [2.75, 3.05) is 19.7 Å². The first-order valence-electron chi connectivity index (χ1n) is 9.04. The Balaban J connectivity index is 0.000000208. The lowest BCUT2D eigenvalue weighted by atomic mass is 10.0. The number of hydrogen-bond acceptors (Lipinski definition) is 5. The molecule has 1 atom stereocenters. The van der Waals surface area contributed by atoms with E-state index in [0.29, 0.717) is 28.8 Å². The Kier molecular flexibility index (Phi) is 7.43. The molecule has 144 valence electrons. The average Bonchev–Trinajstić information content (AvgIpc) is 2.71. The van der Waals surface area contributed by atoms with E-state index in [4.69, 9.17) is 10.1 Å². The number of piperidine rings is 1. The van der Waals surface area contributed by atoms with E-state index in [2.05, 4.69) is 22.0 Å². The second-order valence-corrected chi connectivity index (χ2v) is 6.30. The molecule has 1 saturated heterocycles. The minimum absolute atomic E-state index is 0.0136. The van der Waals surface area contributed by atoms with Crippen LogP contribution in [0, 0.1) is 18.3 Å². The van der Waals surface area contributed by atoms with Gasteiger partial charge in [-0.25, -0.2) is 4.99 Å². The number of aromatic nitrogens is 1. The van der Waals surface area contributed by atoms with Gasteiger partial charge in [-0.2, -0.15) is 0 Å². The zero-order valence-corrected chi connectivity index (χ0v) is 15.8. The summed E-state index contributed by atoms with van der Waals surface area (Å²) in [7, 11) is 0. The highest BCUT2D eigenvalue weighted by molar-refractivity contribution is 6.00. The number of benzene rings is 1. The van der Waals surface area contributed by atoms with Crippen LogP contribution in [0.3, 0.4) is 0 Å². The van der Waals surface area contributed by atoms with Gasteiger partial charge in [-0.3, -0.25) is 15.0 Å². The number of aromatic amines is 1. The Labute approximate surface area is 158 Å². The van der Waals surface area contributed by atoms with Crippen molar-refractivity contribution in [2.24, 2.45) is 10.9 Å². The molecule has 1 unspecified atom stereocenters. The highest BCUT2D eigenvalue weighted by Crippen LogP contribution is 2.12. The first-order chi connectivity index (χ1) is 13.0. The van der Waals surface area contributed by atoms with Crippen molar-refractivity contribution in [3.8, 4) is 0 Å². The molecule has 0 bridgehead atoms. The highest BCUT2D eigenvalue weighted by atomic mass is 16.5. The fraction of sp³-hybridized carbons (Fsp3) is 0.400. The maximum atomic E-state index is 12.0. The van der Waals surface area contributed by atoms with Crippen molar-refractivity contribution in [2.45, 2.75) is 26.7 Å². The largest absolute Gasteiger partial charge is 0.466 e. The van der Waals surface area contributed by atoms with E-state index in [9.17, 15) is 9.59 Å². The molecule has 0 amide bonds. The maximum Gasteiger partial charge on any atom is 0.310 e. The van der Waals surface area contributed by atoms with Crippen LogP contribution < -0.4 is 10.7 Å². The van der Waals surface area contributed by atoms with Gasteiger partial charge in [-0.1, -0.05) is 12.1 Å². The lowest BCUT2D eigenvalue weighted by molar-refractivity contribution is -0.148. The fourth-order valence-corrected chi connectivity index (χ4v) is 2.96. The number of fused-ring (bicyclic) bond motifs is 1. The molecule has 0 spiro atoms. The summed E-state index contributed by atoms with van der Waals surface area (Å²) in [6, 6.07) is 7.21. The van der Waals surface area contributed by atoms with E-state index in [0.717, 1.165) is 25.9 Å². The molecule has 0 aliphatic carbocycles. The average molecular weight is 370 g/mol. The monoisotopic (exact) mass is 370 g/mol. The Morgan fingerprint density at radius 2 is 2.15 bits per heavy atom. The van der Waals surface area contributed by atoms with Gasteiger partial charge in [0.2, 0.25) is 0 Å². The third kappa shape index (κ3) is 5.10. The zero-order chi connectivity index (χ0) is 19.8. The number of H-pyrrole nitrogens is 1. The molecule has 3 N–H and O–H groups in total. The molecular weight excluding hydrogens is 344 g/mol. The number of aliphatic imine (C=N–C) groups is 1. The van der Waals surface area contributed by atoms with Crippen LogP contribution in [0.15, 0.2) is 34.1 Å². The number of hydrogen-bond donors (Lipinski definition) is 3. The van der Waals surface area contributed by atoms with Gasteiger partial charge >= 0.3 is 5.97 Å². The first kappa shape index (κ1) is 20.5. The molecule has 1 aromatic carbocycles. The van der Waals surface area contributed by atoms with Gasteiger partial charge in [0.15, 0.2) is 11.3 Å². The normalized spacial score (nSPS) is 16.1. The minimum atomic E-state index is -0.0715. The minimum Gasteiger partial charge on any atom is -0.466 e. The van der Waals surface area contributed by atoms with Crippen LogP contribution in [0.5, 0.6) is 0 Å². The SMILES string of the molecule is C=NC(=N)c1[nH]c2ccccc2c(=O)c1C.CCOC(=O)C1CCCNC1. The summed E-state index contributed by atoms with van der Waals surface area (Å²) < 4.78 is 4.90. The molecule has 0 saturated carbocycles. The van der Waals surface area contributed by atoms with Crippen LogP contribution in [0.2, 0.25) is 0 Å². The van der Waals surface area contributed by atoms with E-state index >= 15 is 0 Å². The number of carbonyl (C=O) groups excluding carboxylic acids is 1. The molecule has 2 aromatic rings. The van der Waals surface area contributed by atoms with E-state index in [1.54, 1.807) is 19.1 Å². The van der Waals surface area contributed by atoms with Crippen molar-refractivity contribution in [3.63, 3.8) is 0 Å². The van der Waals surface area contributed by atoms with Crippen LogP contribution in [0.25, 0.3) is 10.9 Å². The van der Waals surface area contributed by atoms with Crippen LogP contribution in [0.1, 0.15) is 31.0 Å². The molecule has 1 aromatic heterocycles. The predicted octanol–water partition coefficient (Wildman–Crippen LogP) is 2.41. The second-order valence-electron chi connectivity index (χ2n) is 6.30. The Hall–Kier alpha value is -2.80. The van der Waals surface area contributed by atoms with Gasteiger partial charge in [0.25, 0.3) is 0 Å². The predicted molar refractivity (Wildman–Crippen MR) is 108 cm³/mol. The summed E-state index contributed by atoms with van der Waals surface area (Å²) in [5.41, 5.74) is 1.56. The number of carbonyl (C=O) groups is 1. The number of pyridine rings is 1. The Bertz CT molecular complexity index is 882. The van der Waals surface area contributed by atoms with Crippen LogP contribution in [-0.2, 0) is 9.53 Å². The molecule has 27 heavy (non-hydrogen) atoms. The first-order valence-corrected chi connectivity index (χ1v) is 9.04. The number of ether oxygens (including phenoxy) is 1. The number of rotatable bonds is 3. The number of nitrogens with zero attached hydrogens (tertiary/aromatic N) is 1. The lowest BCUT2D eigenvalue weighted by Gasteiger charge is -2.20. The van der Waals surface area contributed by atoms with E-state index < -0.39 is 0 Å². The molecule has 1 aliphatic heterocycles. The zero-order valence-electron chi connectivity index (χ0n) is 15.8. The smallest absolute Gasteiger partial charge is 0.310 e. The molecule has 2 heterocycles. The van der Waals surface area contributed by atoms with Crippen molar-refractivity contribution < 1.29 is 9.53 Å². The molecular formula is C20H26N4O3. The Morgan fingerprint density at radius 1 is 1.41 bits per heavy atom. The fourth-order valence-electron chi connectivity index (χ4n) is 2.96. The van der Waals surface area contributed by atoms with Gasteiger partial charge in [-0.05, 0) is 52.1 Å². The third-order valence-corrected chi connectivity index (χ3v) is 4.46. The van der Waals surface area contributed by atoms with E-state index in [1.165, 1.54) is 0 Å². The molecule has 7 nitrogen and oxygen atoms in total. The number of nitrogens with one attached hydrogen (secondary N) is 3. The van der Waals surface area contributed by atoms with E-state index in [-0.39, 0.29) is 23.2 Å². The molecule has 0 radical (unpaired) electrons. The standard InChI is InChI=1S/C12H11N3O.C8H15NO2/c1-7-10(12(13)14-2)15-9-6-4-3-5-8(9)11(7)16;1-2-11-8(10)7-4-3-5-9-6-7/h3-6,13H,2H2,1H3,(H,15,16);7,9H,2-6H2,1H3. The molecule has 3 rings (SSSR count). The Morgan fingerprint density at radius 3 is 2.78 bits per heavy atom. The lowest BCUT2D eigenvalue weighted by Crippen LogP contribution is -2.35. The van der Waals surface area contributed by atoms with Crippen molar-refractivity contribution in [1.82, 2.24) is 10.3 Å². The molecule has 1 aliphatic rings. The topological polar surface area (TPSA) is 107 Å². The van der Waals surface area contributed by atoms with Crippen molar-refractivity contribution >= 4 is 29.4 Å². The summed E-state index contributed by atoms with van der Waals surface area (Å²) in [4.78, 5) is 29.7. The van der Waals surface area contributed by atoms with Crippen molar-refractivity contribution in [1.29, 1.82) is 5.41 Å². The quantitative estimate of drug-likeness (QED) is 0.438. The summed E-state index contributed by atoms with van der Waals surface area (Å²) in [5, 5.41) is 11.4. The summed E-state index contributed by atoms with van der Waals surface area (Å²) in [5.74, 6) is 0.0451. The van der Waals surface area contributed by atoms with Gasteiger partial charge in [0, 0.05) is 23.0 Å². The van der Waals surface area contributed by atoms with Gasteiger partial charge in [-0.15, -0.1) is 0 Å². The maximum absolute atomic E-state index is 12.0. The summed E-state index contributed by atoms with van der Waals surface area (Å²) in [6.45, 7) is 9.14. The second kappa shape index (κ2) is 9.78.